The van der Waals surface area contributed by atoms with Gasteiger partial charge >= 0.3 is 0 Å². The first kappa shape index (κ1) is 19.4. The predicted molar refractivity (Wildman–Crippen MR) is 95.0 cm³/mol. The summed E-state index contributed by atoms with van der Waals surface area (Å²) >= 11 is 0. The third-order valence-electron chi connectivity index (χ3n) is 4.66. The highest BCUT2D eigenvalue weighted by Gasteiger charge is 2.34. The molecule has 1 saturated heterocycles. The van der Waals surface area contributed by atoms with Gasteiger partial charge in [0.2, 0.25) is 20.0 Å². The minimum absolute atomic E-state index is 0.147. The summed E-state index contributed by atoms with van der Waals surface area (Å²) in [6.07, 6.45) is 2.19. The lowest BCUT2D eigenvalue weighted by atomic mass is 10.1. The van der Waals surface area contributed by atoms with Crippen molar-refractivity contribution in [3.63, 3.8) is 0 Å². The van der Waals surface area contributed by atoms with Crippen molar-refractivity contribution in [2.45, 2.75) is 44.6 Å². The molecule has 1 aromatic rings. The van der Waals surface area contributed by atoms with Gasteiger partial charge in [-0.1, -0.05) is 17.7 Å². The SMILES string of the molecule is Cc1cc(C)c(S(=O)(=O)N2CCC(N(C)S(C)(=O)=O)CC2)c(C)c1. The maximum absolute atomic E-state index is 13.0. The van der Waals surface area contributed by atoms with Crippen LogP contribution >= 0.6 is 0 Å². The monoisotopic (exact) mass is 374 g/mol. The molecule has 6 nitrogen and oxygen atoms in total. The molecule has 24 heavy (non-hydrogen) atoms. The van der Waals surface area contributed by atoms with Crippen molar-refractivity contribution in [1.29, 1.82) is 0 Å². The van der Waals surface area contributed by atoms with Gasteiger partial charge in [0.1, 0.15) is 0 Å². The highest BCUT2D eigenvalue weighted by molar-refractivity contribution is 7.89. The second-order valence-electron chi connectivity index (χ2n) is 6.64. The molecular formula is C16H26N2O4S2. The number of piperidine rings is 1. The van der Waals surface area contributed by atoms with Gasteiger partial charge in [-0.2, -0.15) is 4.31 Å². The van der Waals surface area contributed by atoms with Crippen LogP contribution in [0.4, 0.5) is 0 Å². The summed E-state index contributed by atoms with van der Waals surface area (Å²) in [6, 6.07) is 3.61. The summed E-state index contributed by atoms with van der Waals surface area (Å²) in [5.41, 5.74) is 2.54. The average Bonchev–Trinajstić information content (AvgIpc) is 2.44. The van der Waals surface area contributed by atoms with Crippen LogP contribution in [0, 0.1) is 20.8 Å². The molecular weight excluding hydrogens is 348 g/mol. The molecule has 8 heteroatoms. The van der Waals surface area contributed by atoms with Crippen LogP contribution in [-0.4, -0.2) is 57.9 Å². The summed E-state index contributed by atoms with van der Waals surface area (Å²) in [4.78, 5) is 0.378. The van der Waals surface area contributed by atoms with Gasteiger partial charge in [-0.05, 0) is 44.7 Å². The van der Waals surface area contributed by atoms with E-state index in [1.54, 1.807) is 7.05 Å². The molecule has 1 aromatic carbocycles. The highest BCUT2D eigenvalue weighted by Crippen LogP contribution is 2.28. The lowest BCUT2D eigenvalue weighted by Crippen LogP contribution is -2.47. The van der Waals surface area contributed by atoms with E-state index < -0.39 is 20.0 Å². The number of hydrogen-bond donors (Lipinski definition) is 0. The third-order valence-corrected chi connectivity index (χ3v) is 8.21. The lowest BCUT2D eigenvalue weighted by molar-refractivity contribution is 0.239. The van der Waals surface area contributed by atoms with Gasteiger partial charge in [-0.3, -0.25) is 0 Å². The smallest absolute Gasteiger partial charge is 0.213 e. The molecule has 1 heterocycles. The summed E-state index contributed by atoms with van der Waals surface area (Å²) < 4.78 is 52.1. The fraction of sp³-hybridized carbons (Fsp3) is 0.625. The zero-order valence-corrected chi connectivity index (χ0v) is 16.5. The summed E-state index contributed by atoms with van der Waals surface area (Å²) in [7, 11) is -5.27. The van der Waals surface area contributed by atoms with E-state index in [0.29, 0.717) is 30.8 Å². The molecule has 0 saturated carbocycles. The molecule has 1 fully saturated rings. The molecule has 0 aliphatic carbocycles. The van der Waals surface area contributed by atoms with E-state index in [4.69, 9.17) is 0 Å². The molecule has 0 atom stereocenters. The van der Waals surface area contributed by atoms with Gasteiger partial charge in [-0.15, -0.1) is 0 Å². The molecule has 0 radical (unpaired) electrons. The molecule has 1 aliphatic heterocycles. The van der Waals surface area contributed by atoms with E-state index in [-0.39, 0.29) is 6.04 Å². The van der Waals surface area contributed by atoms with Crippen molar-refractivity contribution in [3.8, 4) is 0 Å². The molecule has 0 unspecified atom stereocenters. The van der Waals surface area contributed by atoms with Gasteiger partial charge < -0.3 is 0 Å². The largest absolute Gasteiger partial charge is 0.243 e. The van der Waals surface area contributed by atoms with Crippen molar-refractivity contribution in [1.82, 2.24) is 8.61 Å². The summed E-state index contributed by atoms with van der Waals surface area (Å²) in [5.74, 6) is 0. The van der Waals surface area contributed by atoms with E-state index in [2.05, 4.69) is 0 Å². The van der Waals surface area contributed by atoms with Crippen LogP contribution in [0.1, 0.15) is 29.5 Å². The fourth-order valence-electron chi connectivity index (χ4n) is 3.42. The number of rotatable bonds is 4. The number of nitrogens with zero attached hydrogens (tertiary/aromatic N) is 2. The number of aryl methyl sites for hydroxylation is 3. The van der Waals surface area contributed by atoms with Crippen LogP contribution in [0.5, 0.6) is 0 Å². The van der Waals surface area contributed by atoms with Crippen LogP contribution in [0.15, 0.2) is 17.0 Å². The van der Waals surface area contributed by atoms with Gasteiger partial charge in [0, 0.05) is 26.2 Å². The Bertz CT molecular complexity index is 801. The lowest BCUT2D eigenvalue weighted by Gasteiger charge is -2.35. The van der Waals surface area contributed by atoms with Gasteiger partial charge in [0.15, 0.2) is 0 Å². The molecule has 0 amide bonds. The minimum atomic E-state index is -3.56. The van der Waals surface area contributed by atoms with Crippen LogP contribution in [0.2, 0.25) is 0 Å². The number of benzene rings is 1. The maximum Gasteiger partial charge on any atom is 0.243 e. The Morgan fingerprint density at radius 2 is 1.46 bits per heavy atom. The molecule has 2 rings (SSSR count). The molecule has 0 spiro atoms. The van der Waals surface area contributed by atoms with E-state index in [1.807, 2.05) is 32.9 Å². The first-order valence-electron chi connectivity index (χ1n) is 7.95. The van der Waals surface area contributed by atoms with Gasteiger partial charge in [0.25, 0.3) is 0 Å². The van der Waals surface area contributed by atoms with Gasteiger partial charge in [0.05, 0.1) is 11.2 Å². The van der Waals surface area contributed by atoms with Crippen molar-refractivity contribution in [2.24, 2.45) is 0 Å². The van der Waals surface area contributed by atoms with Crippen LogP contribution < -0.4 is 0 Å². The van der Waals surface area contributed by atoms with E-state index >= 15 is 0 Å². The van der Waals surface area contributed by atoms with Crippen molar-refractivity contribution < 1.29 is 16.8 Å². The Balaban J connectivity index is 2.23. The van der Waals surface area contributed by atoms with Crippen LogP contribution in [0.3, 0.4) is 0 Å². The topological polar surface area (TPSA) is 74.8 Å². The first-order valence-corrected chi connectivity index (χ1v) is 11.2. The second-order valence-corrected chi connectivity index (χ2v) is 10.6. The molecule has 1 aliphatic rings. The standard InChI is InChI=1S/C16H26N2O4S2/c1-12-10-13(2)16(14(3)11-12)24(21,22)18-8-6-15(7-9-18)17(4)23(5,19)20/h10-11,15H,6-9H2,1-5H3. The third kappa shape index (κ3) is 3.82. The Morgan fingerprint density at radius 1 is 1.00 bits per heavy atom. The second kappa shape index (κ2) is 6.74. The van der Waals surface area contributed by atoms with Crippen molar-refractivity contribution in [3.05, 3.63) is 28.8 Å². The summed E-state index contributed by atoms with van der Waals surface area (Å²) in [5, 5.41) is 0. The molecule has 136 valence electrons. The quantitative estimate of drug-likeness (QED) is 0.803. The zero-order chi connectivity index (χ0) is 18.3. The number of hydrogen-bond acceptors (Lipinski definition) is 4. The maximum atomic E-state index is 13.0. The van der Waals surface area contributed by atoms with E-state index in [0.717, 1.165) is 16.7 Å². The molecule has 0 bridgehead atoms. The molecule has 0 N–H and O–H groups in total. The number of sulfonamides is 2. The van der Waals surface area contributed by atoms with E-state index in [9.17, 15) is 16.8 Å². The summed E-state index contributed by atoms with van der Waals surface area (Å²) in [6.45, 7) is 6.25. The highest BCUT2D eigenvalue weighted by atomic mass is 32.2. The van der Waals surface area contributed by atoms with Crippen molar-refractivity contribution in [2.75, 3.05) is 26.4 Å². The zero-order valence-electron chi connectivity index (χ0n) is 14.9. The Hall–Kier alpha value is -0.960. The van der Waals surface area contributed by atoms with Gasteiger partial charge in [-0.25, -0.2) is 21.1 Å². The van der Waals surface area contributed by atoms with Crippen LogP contribution in [0.25, 0.3) is 0 Å². The normalized spacial score (nSPS) is 18.2. The predicted octanol–water partition coefficient (Wildman–Crippen LogP) is 1.66. The Kier molecular flexibility index (Phi) is 5.44. The minimum Gasteiger partial charge on any atom is -0.213 e. The van der Waals surface area contributed by atoms with E-state index in [1.165, 1.54) is 14.9 Å². The average molecular weight is 375 g/mol. The Morgan fingerprint density at radius 3 is 1.88 bits per heavy atom. The van der Waals surface area contributed by atoms with Crippen molar-refractivity contribution >= 4 is 20.0 Å². The first-order chi connectivity index (χ1) is 10.9. The van der Waals surface area contributed by atoms with Crippen LogP contribution in [-0.2, 0) is 20.0 Å². The molecule has 0 aromatic heterocycles. The fourth-order valence-corrected chi connectivity index (χ4v) is 6.05. The Labute approximate surface area is 145 Å².